The van der Waals surface area contributed by atoms with E-state index in [0.29, 0.717) is 5.02 Å². The number of rotatable bonds is 4. The Kier molecular flexibility index (Phi) is 5.73. The Labute approximate surface area is 187 Å². The Morgan fingerprint density at radius 2 is 1.81 bits per heavy atom. The lowest BCUT2D eigenvalue weighted by Crippen LogP contribution is -2.50. The molecule has 31 heavy (non-hydrogen) atoms. The third-order valence-corrected chi connectivity index (χ3v) is 8.77. The zero-order valence-corrected chi connectivity index (χ0v) is 18.5. The summed E-state index contributed by atoms with van der Waals surface area (Å²) in [5.41, 5.74) is 5.39. The number of sulfonamides is 1. The number of piperazine rings is 1. The Morgan fingerprint density at radius 1 is 1.10 bits per heavy atom. The molecule has 0 aliphatic carbocycles. The standard InChI is InChI=1S/C20H18ClFN4O3S2/c21-14-3-1-12-10-18(30-17(12)11-14)31(28,29)26-7-5-25(6-8-26)20(27)15-4-2-13(19(23)24)9-16(15)22/h1-4,9-11H,5-8H2,(H3,23,24). The average Bonchev–Trinajstić information content (AvgIpc) is 3.17. The molecule has 0 atom stereocenters. The lowest BCUT2D eigenvalue weighted by atomic mass is 10.1. The molecule has 0 spiro atoms. The maximum atomic E-state index is 14.3. The summed E-state index contributed by atoms with van der Waals surface area (Å²) in [5, 5.41) is 8.68. The number of nitrogens with two attached hydrogens (primary N) is 1. The summed E-state index contributed by atoms with van der Waals surface area (Å²) >= 11 is 7.14. The van der Waals surface area contributed by atoms with Crippen molar-refractivity contribution in [3.63, 3.8) is 0 Å². The van der Waals surface area contributed by atoms with Gasteiger partial charge in [0, 0.05) is 41.5 Å². The molecule has 3 N–H and O–H groups in total. The van der Waals surface area contributed by atoms with Gasteiger partial charge < -0.3 is 10.6 Å². The van der Waals surface area contributed by atoms with Crippen LogP contribution in [-0.2, 0) is 10.0 Å². The van der Waals surface area contributed by atoms with Crippen LogP contribution in [0.15, 0.2) is 46.7 Å². The first-order valence-corrected chi connectivity index (χ1v) is 11.9. The van der Waals surface area contributed by atoms with Gasteiger partial charge in [-0.15, -0.1) is 11.3 Å². The number of amidine groups is 1. The van der Waals surface area contributed by atoms with E-state index in [-0.39, 0.29) is 47.4 Å². The molecule has 11 heteroatoms. The molecule has 2 aromatic carbocycles. The van der Waals surface area contributed by atoms with Crippen LogP contribution in [0.2, 0.25) is 5.02 Å². The molecule has 7 nitrogen and oxygen atoms in total. The molecule has 162 valence electrons. The monoisotopic (exact) mass is 480 g/mol. The molecule has 3 aromatic rings. The Morgan fingerprint density at radius 3 is 2.45 bits per heavy atom. The first-order valence-electron chi connectivity index (χ1n) is 9.29. The van der Waals surface area contributed by atoms with Crippen LogP contribution in [0.1, 0.15) is 15.9 Å². The van der Waals surface area contributed by atoms with Crippen LogP contribution >= 0.6 is 22.9 Å². The van der Waals surface area contributed by atoms with Crippen molar-refractivity contribution in [3.8, 4) is 0 Å². The highest BCUT2D eigenvalue weighted by Gasteiger charge is 2.32. The van der Waals surface area contributed by atoms with E-state index in [4.69, 9.17) is 22.7 Å². The van der Waals surface area contributed by atoms with E-state index >= 15 is 0 Å². The lowest BCUT2D eigenvalue weighted by Gasteiger charge is -2.33. The highest BCUT2D eigenvalue weighted by atomic mass is 35.5. The summed E-state index contributed by atoms with van der Waals surface area (Å²) in [7, 11) is -3.71. The number of thiophene rings is 1. The molecule has 1 aliphatic heterocycles. The maximum absolute atomic E-state index is 14.3. The van der Waals surface area contributed by atoms with E-state index in [9.17, 15) is 17.6 Å². The van der Waals surface area contributed by atoms with Crippen LogP contribution < -0.4 is 5.73 Å². The van der Waals surface area contributed by atoms with Crippen LogP contribution in [0.25, 0.3) is 10.1 Å². The zero-order valence-electron chi connectivity index (χ0n) is 16.1. The van der Waals surface area contributed by atoms with Gasteiger partial charge in [0.15, 0.2) is 0 Å². The third kappa shape index (κ3) is 4.16. The van der Waals surface area contributed by atoms with Crippen LogP contribution in [0.4, 0.5) is 4.39 Å². The van der Waals surface area contributed by atoms with Crippen LogP contribution in [-0.4, -0.2) is 55.5 Å². The highest BCUT2D eigenvalue weighted by molar-refractivity contribution is 7.91. The van der Waals surface area contributed by atoms with Crippen molar-refractivity contribution in [1.29, 1.82) is 5.41 Å². The van der Waals surface area contributed by atoms with E-state index in [1.54, 1.807) is 24.3 Å². The molecule has 1 aliphatic rings. The summed E-state index contributed by atoms with van der Waals surface area (Å²) in [5.74, 6) is -1.59. The van der Waals surface area contributed by atoms with Crippen molar-refractivity contribution in [2.45, 2.75) is 4.21 Å². The topological polar surface area (TPSA) is 108 Å². The molecule has 1 aromatic heterocycles. The number of carbonyl (C=O) groups excluding carboxylic acids is 1. The summed E-state index contributed by atoms with van der Waals surface area (Å²) < 4.78 is 42.8. The van der Waals surface area contributed by atoms with E-state index < -0.39 is 21.7 Å². The van der Waals surface area contributed by atoms with Gasteiger partial charge in [-0.3, -0.25) is 10.2 Å². The van der Waals surface area contributed by atoms with Crippen molar-refractivity contribution in [1.82, 2.24) is 9.21 Å². The minimum absolute atomic E-state index is 0.107. The van der Waals surface area contributed by atoms with Crippen molar-refractivity contribution in [3.05, 3.63) is 64.4 Å². The minimum atomic E-state index is -3.71. The van der Waals surface area contributed by atoms with E-state index in [1.807, 2.05) is 0 Å². The molecule has 1 saturated heterocycles. The fourth-order valence-electron chi connectivity index (χ4n) is 3.39. The molecule has 4 rings (SSSR count). The molecule has 0 unspecified atom stereocenters. The van der Waals surface area contributed by atoms with Crippen molar-refractivity contribution in [2.75, 3.05) is 26.2 Å². The number of benzene rings is 2. The summed E-state index contributed by atoms with van der Waals surface area (Å²) in [6.07, 6.45) is 0. The zero-order chi connectivity index (χ0) is 22.3. The summed E-state index contributed by atoms with van der Waals surface area (Å²) in [4.78, 5) is 14.1. The third-order valence-electron chi connectivity index (χ3n) is 5.09. The molecule has 0 bridgehead atoms. The van der Waals surface area contributed by atoms with Gasteiger partial charge in [0.25, 0.3) is 15.9 Å². The van der Waals surface area contributed by atoms with E-state index in [0.717, 1.165) is 27.5 Å². The Bertz CT molecular complexity index is 1300. The second kappa shape index (κ2) is 8.19. The van der Waals surface area contributed by atoms with E-state index in [1.165, 1.54) is 21.3 Å². The number of halogens is 2. The van der Waals surface area contributed by atoms with Gasteiger partial charge in [-0.25, -0.2) is 12.8 Å². The predicted molar refractivity (Wildman–Crippen MR) is 119 cm³/mol. The molecular formula is C20H18ClFN4O3S2. The first kappa shape index (κ1) is 21.7. The second-order valence-corrected chi connectivity index (χ2v) is 10.7. The quantitative estimate of drug-likeness (QED) is 0.441. The highest BCUT2D eigenvalue weighted by Crippen LogP contribution is 2.33. The smallest absolute Gasteiger partial charge is 0.256 e. The van der Waals surface area contributed by atoms with Crippen LogP contribution in [0.3, 0.4) is 0 Å². The number of fused-ring (bicyclic) bond motifs is 1. The SMILES string of the molecule is N=C(N)c1ccc(C(=O)N2CCN(S(=O)(=O)c3cc4ccc(Cl)cc4s3)CC2)c(F)c1. The van der Waals surface area contributed by atoms with Gasteiger partial charge >= 0.3 is 0 Å². The summed E-state index contributed by atoms with van der Waals surface area (Å²) in [6, 6.07) is 10.6. The maximum Gasteiger partial charge on any atom is 0.256 e. The molecule has 1 amide bonds. The fraction of sp³-hybridized carbons (Fsp3) is 0.200. The van der Waals surface area contributed by atoms with Gasteiger partial charge in [-0.1, -0.05) is 23.7 Å². The number of amides is 1. The average molecular weight is 481 g/mol. The molecule has 0 radical (unpaired) electrons. The van der Waals surface area contributed by atoms with Crippen LogP contribution in [0.5, 0.6) is 0 Å². The van der Waals surface area contributed by atoms with Gasteiger partial charge in [-0.05, 0) is 35.7 Å². The first-order chi connectivity index (χ1) is 14.7. The molecular weight excluding hydrogens is 463 g/mol. The van der Waals surface area contributed by atoms with Crippen molar-refractivity contribution >= 4 is 54.8 Å². The Hall–Kier alpha value is -2.53. The van der Waals surface area contributed by atoms with Gasteiger partial charge in [0.05, 0.1) is 5.56 Å². The van der Waals surface area contributed by atoms with Gasteiger partial charge in [-0.2, -0.15) is 4.31 Å². The van der Waals surface area contributed by atoms with E-state index in [2.05, 4.69) is 0 Å². The number of nitrogen functional groups attached to an aromatic ring is 1. The summed E-state index contributed by atoms with van der Waals surface area (Å²) in [6.45, 7) is 0.498. The second-order valence-electron chi connectivity index (χ2n) is 7.05. The number of nitrogens with one attached hydrogen (secondary N) is 1. The van der Waals surface area contributed by atoms with Gasteiger partial charge in [0.1, 0.15) is 15.9 Å². The van der Waals surface area contributed by atoms with Gasteiger partial charge in [0.2, 0.25) is 0 Å². The fourth-order valence-corrected chi connectivity index (χ4v) is 6.64. The van der Waals surface area contributed by atoms with Crippen LogP contribution in [0, 0.1) is 11.2 Å². The minimum Gasteiger partial charge on any atom is -0.384 e. The molecule has 1 fully saturated rings. The number of nitrogens with zero attached hydrogens (tertiary/aromatic N) is 2. The normalized spacial score (nSPS) is 15.4. The predicted octanol–water partition coefficient (Wildman–Crippen LogP) is 3.12. The number of carbonyl (C=O) groups is 1. The van der Waals surface area contributed by atoms with Crippen molar-refractivity contribution < 1.29 is 17.6 Å². The lowest BCUT2D eigenvalue weighted by molar-refractivity contribution is 0.0693. The van der Waals surface area contributed by atoms with Crippen molar-refractivity contribution in [2.24, 2.45) is 5.73 Å². The molecule has 2 heterocycles. The molecule has 0 saturated carbocycles. The Balaban J connectivity index is 1.48. The number of hydrogen-bond donors (Lipinski definition) is 2. The number of hydrogen-bond acceptors (Lipinski definition) is 5. The largest absolute Gasteiger partial charge is 0.384 e.